The van der Waals surface area contributed by atoms with Crippen LogP contribution >= 0.6 is 0 Å². The minimum atomic E-state index is 0.114. The van der Waals surface area contributed by atoms with E-state index in [4.69, 9.17) is 10.5 Å². The molecule has 2 fully saturated rings. The van der Waals surface area contributed by atoms with Gasteiger partial charge in [-0.2, -0.15) is 0 Å². The van der Waals surface area contributed by atoms with E-state index in [9.17, 15) is 0 Å². The van der Waals surface area contributed by atoms with Gasteiger partial charge in [-0.15, -0.1) is 0 Å². The maximum Gasteiger partial charge on any atom is 0.0666 e. The number of ether oxygens (including phenoxy) is 1. The van der Waals surface area contributed by atoms with Gasteiger partial charge in [0.15, 0.2) is 0 Å². The van der Waals surface area contributed by atoms with E-state index >= 15 is 0 Å². The molecule has 16 heavy (non-hydrogen) atoms. The predicted octanol–water partition coefficient (Wildman–Crippen LogP) is 1.76. The van der Waals surface area contributed by atoms with Crippen molar-refractivity contribution in [3.8, 4) is 0 Å². The van der Waals surface area contributed by atoms with Gasteiger partial charge < -0.3 is 15.4 Å². The Balaban J connectivity index is 1.89. The van der Waals surface area contributed by atoms with E-state index in [1.54, 1.807) is 0 Å². The molecule has 2 N–H and O–H groups in total. The quantitative estimate of drug-likeness (QED) is 0.779. The number of nitrogens with zero attached hydrogens (tertiary/aromatic N) is 1. The van der Waals surface area contributed by atoms with Crippen molar-refractivity contribution in [2.24, 2.45) is 5.73 Å². The molecule has 0 amide bonds. The second-order valence-corrected chi connectivity index (χ2v) is 5.67. The average molecular weight is 226 g/mol. The Morgan fingerprint density at radius 3 is 2.62 bits per heavy atom. The molecule has 0 aromatic carbocycles. The number of rotatable bonds is 2. The summed E-state index contributed by atoms with van der Waals surface area (Å²) in [7, 11) is 0. The molecule has 0 aromatic heterocycles. The van der Waals surface area contributed by atoms with Crippen LogP contribution in [0.4, 0.5) is 0 Å². The molecule has 0 bridgehead atoms. The molecule has 2 aliphatic rings. The number of likely N-dealkylation sites (tertiary alicyclic amines) is 1. The van der Waals surface area contributed by atoms with Gasteiger partial charge in [0.1, 0.15) is 0 Å². The molecule has 0 aliphatic carbocycles. The molecule has 0 spiro atoms. The standard InChI is InChI=1S/C13H26N2O/c1-3-13(2)10-12(6-9-16-13)15-7-4-11(14)5-8-15/h11-12H,3-10,14H2,1-2H3. The van der Waals surface area contributed by atoms with Crippen molar-refractivity contribution >= 4 is 0 Å². The van der Waals surface area contributed by atoms with Gasteiger partial charge in [0.05, 0.1) is 5.60 Å². The molecule has 0 aromatic rings. The summed E-state index contributed by atoms with van der Waals surface area (Å²) >= 11 is 0. The molecule has 3 heteroatoms. The minimum Gasteiger partial charge on any atom is -0.375 e. The second-order valence-electron chi connectivity index (χ2n) is 5.67. The van der Waals surface area contributed by atoms with E-state index in [0.717, 1.165) is 19.1 Å². The van der Waals surface area contributed by atoms with Gasteiger partial charge in [-0.05, 0) is 52.1 Å². The predicted molar refractivity (Wildman–Crippen MR) is 66.5 cm³/mol. The van der Waals surface area contributed by atoms with E-state index in [0.29, 0.717) is 6.04 Å². The summed E-state index contributed by atoms with van der Waals surface area (Å²) < 4.78 is 5.91. The molecule has 0 saturated carbocycles. The largest absolute Gasteiger partial charge is 0.375 e. The summed E-state index contributed by atoms with van der Waals surface area (Å²) in [5.74, 6) is 0. The lowest BCUT2D eigenvalue weighted by molar-refractivity contribution is -0.0986. The molecule has 2 unspecified atom stereocenters. The second kappa shape index (κ2) is 5.03. The third-order valence-corrected chi connectivity index (χ3v) is 4.41. The molecule has 0 radical (unpaired) electrons. The van der Waals surface area contributed by atoms with Gasteiger partial charge in [-0.25, -0.2) is 0 Å². The van der Waals surface area contributed by atoms with Crippen LogP contribution in [0, 0.1) is 0 Å². The third-order valence-electron chi connectivity index (χ3n) is 4.41. The van der Waals surface area contributed by atoms with Crippen molar-refractivity contribution in [3.63, 3.8) is 0 Å². The number of hydrogen-bond acceptors (Lipinski definition) is 3. The van der Waals surface area contributed by atoms with Gasteiger partial charge >= 0.3 is 0 Å². The fourth-order valence-electron chi connectivity index (χ4n) is 2.94. The first-order chi connectivity index (χ1) is 7.63. The maximum atomic E-state index is 5.95. The van der Waals surface area contributed by atoms with Gasteiger partial charge in [0, 0.05) is 18.7 Å². The fourth-order valence-corrected chi connectivity index (χ4v) is 2.94. The Hall–Kier alpha value is -0.120. The Labute approximate surface area is 99.3 Å². The van der Waals surface area contributed by atoms with Gasteiger partial charge in [0.25, 0.3) is 0 Å². The van der Waals surface area contributed by atoms with Gasteiger partial charge in [0.2, 0.25) is 0 Å². The normalized spacial score (nSPS) is 38.8. The summed E-state index contributed by atoms with van der Waals surface area (Å²) in [5, 5.41) is 0. The van der Waals surface area contributed by atoms with Crippen molar-refractivity contribution in [2.45, 2.75) is 63.6 Å². The Bertz CT molecular complexity index is 226. The topological polar surface area (TPSA) is 38.5 Å². The van der Waals surface area contributed by atoms with Crippen LogP contribution in [0.5, 0.6) is 0 Å². The minimum absolute atomic E-state index is 0.114. The van der Waals surface area contributed by atoms with E-state index in [-0.39, 0.29) is 5.60 Å². The number of hydrogen-bond donors (Lipinski definition) is 1. The molecule has 2 atom stereocenters. The van der Waals surface area contributed by atoms with Crippen molar-refractivity contribution < 1.29 is 4.74 Å². The highest BCUT2D eigenvalue weighted by molar-refractivity contribution is 4.89. The lowest BCUT2D eigenvalue weighted by atomic mass is 9.88. The highest BCUT2D eigenvalue weighted by Gasteiger charge is 2.35. The third kappa shape index (κ3) is 2.76. The zero-order valence-corrected chi connectivity index (χ0v) is 10.7. The molecular formula is C13H26N2O. The van der Waals surface area contributed by atoms with Crippen molar-refractivity contribution in [3.05, 3.63) is 0 Å². The van der Waals surface area contributed by atoms with E-state index in [1.807, 2.05) is 0 Å². The van der Waals surface area contributed by atoms with Crippen LogP contribution in [0.15, 0.2) is 0 Å². The van der Waals surface area contributed by atoms with Crippen LogP contribution in [0.1, 0.15) is 46.0 Å². The summed E-state index contributed by atoms with van der Waals surface area (Å²) in [6.07, 6.45) is 5.85. The van der Waals surface area contributed by atoms with Crippen molar-refractivity contribution in [2.75, 3.05) is 19.7 Å². The highest BCUT2D eigenvalue weighted by atomic mass is 16.5. The Morgan fingerprint density at radius 2 is 2.00 bits per heavy atom. The van der Waals surface area contributed by atoms with Crippen LogP contribution in [0.25, 0.3) is 0 Å². The number of piperidine rings is 1. The number of nitrogens with two attached hydrogens (primary N) is 1. The molecule has 94 valence electrons. The maximum absolute atomic E-state index is 5.95. The van der Waals surface area contributed by atoms with Crippen LogP contribution in [-0.4, -0.2) is 42.3 Å². The van der Waals surface area contributed by atoms with Gasteiger partial charge in [-0.3, -0.25) is 0 Å². The zero-order valence-electron chi connectivity index (χ0n) is 10.7. The first-order valence-electron chi connectivity index (χ1n) is 6.76. The van der Waals surface area contributed by atoms with E-state index in [2.05, 4.69) is 18.7 Å². The Kier molecular flexibility index (Phi) is 3.88. The SMILES string of the molecule is CCC1(C)CC(N2CCC(N)CC2)CCO1. The molecular weight excluding hydrogens is 200 g/mol. The summed E-state index contributed by atoms with van der Waals surface area (Å²) in [5.41, 5.74) is 6.07. The van der Waals surface area contributed by atoms with Crippen LogP contribution in [0.3, 0.4) is 0 Å². The summed E-state index contributed by atoms with van der Waals surface area (Å²) in [6, 6.07) is 1.17. The molecule has 2 heterocycles. The summed E-state index contributed by atoms with van der Waals surface area (Å²) in [4.78, 5) is 2.64. The highest BCUT2D eigenvalue weighted by Crippen LogP contribution is 2.31. The van der Waals surface area contributed by atoms with E-state index < -0.39 is 0 Å². The van der Waals surface area contributed by atoms with E-state index in [1.165, 1.54) is 38.8 Å². The monoisotopic (exact) mass is 226 g/mol. The molecule has 3 nitrogen and oxygen atoms in total. The molecule has 2 aliphatic heterocycles. The average Bonchev–Trinajstić information content (AvgIpc) is 2.30. The van der Waals surface area contributed by atoms with Crippen LogP contribution in [-0.2, 0) is 4.74 Å². The molecule has 2 saturated heterocycles. The zero-order chi connectivity index (χ0) is 11.6. The first-order valence-corrected chi connectivity index (χ1v) is 6.76. The van der Waals surface area contributed by atoms with Crippen LogP contribution < -0.4 is 5.73 Å². The first kappa shape index (κ1) is 12.3. The van der Waals surface area contributed by atoms with Crippen LogP contribution in [0.2, 0.25) is 0 Å². The molecule has 2 rings (SSSR count). The van der Waals surface area contributed by atoms with Gasteiger partial charge in [-0.1, -0.05) is 6.92 Å². The smallest absolute Gasteiger partial charge is 0.0666 e. The Morgan fingerprint density at radius 1 is 1.31 bits per heavy atom. The summed E-state index contributed by atoms with van der Waals surface area (Å²) in [6.45, 7) is 7.79. The van der Waals surface area contributed by atoms with Crippen molar-refractivity contribution in [1.82, 2.24) is 4.90 Å². The fraction of sp³-hybridized carbons (Fsp3) is 1.00. The lowest BCUT2D eigenvalue weighted by Crippen LogP contribution is -2.51. The lowest BCUT2D eigenvalue weighted by Gasteiger charge is -2.44. The van der Waals surface area contributed by atoms with Crippen molar-refractivity contribution in [1.29, 1.82) is 0 Å².